The minimum absolute atomic E-state index is 0.0186. The molecule has 3 N–H and O–H groups in total. The Balaban J connectivity index is 1.60. The Morgan fingerprint density at radius 2 is 1.67 bits per heavy atom. The van der Waals surface area contributed by atoms with Gasteiger partial charge in [0.15, 0.2) is 5.54 Å². The van der Waals surface area contributed by atoms with Crippen LogP contribution >= 0.6 is 0 Å². The number of ether oxygens (including phenoxy) is 2. The normalized spacial score (nSPS) is 16.3. The first-order valence-electron chi connectivity index (χ1n) is 13.8. The van der Waals surface area contributed by atoms with Crippen molar-refractivity contribution < 1.29 is 45.7 Å². The third-order valence-corrected chi connectivity index (χ3v) is 6.91. The molecular weight excluding hydrogens is 622 g/mol. The predicted octanol–water partition coefficient (Wildman–Crippen LogP) is 5.88. The molecule has 244 valence electrons. The van der Waals surface area contributed by atoms with Crippen LogP contribution in [0.5, 0.6) is 5.75 Å². The lowest BCUT2D eigenvalue weighted by Gasteiger charge is -2.24. The molecule has 46 heavy (non-hydrogen) atoms. The van der Waals surface area contributed by atoms with E-state index >= 15 is 0 Å². The van der Waals surface area contributed by atoms with E-state index in [0.29, 0.717) is 47.6 Å². The van der Waals surface area contributed by atoms with Crippen molar-refractivity contribution in [2.75, 3.05) is 19.8 Å². The first-order chi connectivity index (χ1) is 21.8. The number of nitrogens with zero attached hydrogens (tertiary/aromatic N) is 4. The zero-order valence-electron chi connectivity index (χ0n) is 24.0. The zero-order chi connectivity index (χ0) is 33.4. The highest BCUT2D eigenvalue weighted by molar-refractivity contribution is 6.00. The molecule has 0 bridgehead atoms. The molecule has 0 aliphatic carbocycles. The number of azide groups is 1. The summed E-state index contributed by atoms with van der Waals surface area (Å²) in [5.74, 6) is -0.135. The molecule has 1 atom stereocenters. The minimum atomic E-state index is -5.03. The molecule has 0 saturated heterocycles. The van der Waals surface area contributed by atoms with Gasteiger partial charge in [-0.3, -0.25) is 10.2 Å². The van der Waals surface area contributed by atoms with Crippen LogP contribution in [-0.4, -0.2) is 42.3 Å². The lowest BCUT2D eigenvalue weighted by Crippen LogP contribution is -2.52. The van der Waals surface area contributed by atoms with E-state index in [1.807, 2.05) is 0 Å². The van der Waals surface area contributed by atoms with Gasteiger partial charge in [0.2, 0.25) is 5.90 Å². The molecule has 0 radical (unpaired) electrons. The van der Waals surface area contributed by atoms with Crippen LogP contribution in [-0.2, 0) is 41.4 Å². The standard InChI is InChI=1S/C30H28F6N6O4/c31-29(32,33)23-12-19(13-24(14-23)30(34,35)36)16-38-41-27(44)28(15-21-4-1-2-5-22(21)17-39-42-37)18-46-26(40-28)20-6-8-25(9-7-20)45-11-3-10-43/h1-2,4-9,12-14,38,43H,3,10-11,15-18H2,(H,41,44)/t28-/m0/s1. The van der Waals surface area contributed by atoms with Crippen LogP contribution in [0.25, 0.3) is 10.4 Å². The number of halogens is 6. The Morgan fingerprint density at radius 3 is 2.28 bits per heavy atom. The van der Waals surface area contributed by atoms with Crippen molar-refractivity contribution in [1.29, 1.82) is 0 Å². The molecule has 0 fully saturated rings. The molecule has 1 aliphatic rings. The molecule has 0 spiro atoms. The van der Waals surface area contributed by atoms with Gasteiger partial charge in [0.1, 0.15) is 12.4 Å². The average molecular weight is 651 g/mol. The van der Waals surface area contributed by atoms with Gasteiger partial charge in [-0.15, -0.1) is 0 Å². The van der Waals surface area contributed by atoms with Gasteiger partial charge in [-0.1, -0.05) is 29.4 Å². The second-order valence-corrected chi connectivity index (χ2v) is 10.2. The first kappa shape index (κ1) is 34.1. The van der Waals surface area contributed by atoms with E-state index in [1.54, 1.807) is 48.5 Å². The fraction of sp³-hybridized carbons (Fsp3) is 0.333. The fourth-order valence-electron chi connectivity index (χ4n) is 4.60. The third kappa shape index (κ3) is 8.68. The number of hydrogen-bond donors (Lipinski definition) is 3. The summed E-state index contributed by atoms with van der Waals surface area (Å²) in [6.45, 7) is -0.576. The van der Waals surface area contributed by atoms with Gasteiger partial charge in [-0.25, -0.2) is 10.4 Å². The number of aliphatic hydroxyl groups excluding tert-OH is 1. The number of benzene rings is 3. The molecule has 10 nitrogen and oxygen atoms in total. The van der Waals surface area contributed by atoms with Crippen molar-refractivity contribution in [1.82, 2.24) is 10.9 Å². The summed E-state index contributed by atoms with van der Waals surface area (Å²) in [5, 5.41) is 12.5. The van der Waals surface area contributed by atoms with E-state index in [2.05, 4.69) is 25.9 Å². The lowest BCUT2D eigenvalue weighted by molar-refractivity contribution is -0.143. The predicted molar refractivity (Wildman–Crippen MR) is 153 cm³/mol. The van der Waals surface area contributed by atoms with E-state index in [0.717, 1.165) is 0 Å². The summed E-state index contributed by atoms with van der Waals surface area (Å²) in [5.41, 5.74) is 10.3. The highest BCUT2D eigenvalue weighted by Crippen LogP contribution is 2.36. The number of aliphatic hydroxyl groups is 1. The molecule has 16 heteroatoms. The van der Waals surface area contributed by atoms with Gasteiger partial charge in [-0.2, -0.15) is 26.3 Å². The van der Waals surface area contributed by atoms with Crippen LogP contribution in [0.1, 0.15) is 39.8 Å². The maximum Gasteiger partial charge on any atom is 0.416 e. The summed E-state index contributed by atoms with van der Waals surface area (Å²) in [7, 11) is 0. The maximum atomic E-state index is 13.7. The molecule has 3 aromatic carbocycles. The summed E-state index contributed by atoms with van der Waals surface area (Å²) >= 11 is 0. The Kier molecular flexibility index (Phi) is 10.8. The fourth-order valence-corrected chi connectivity index (χ4v) is 4.60. The Hall–Kier alpha value is -4.79. The van der Waals surface area contributed by atoms with Crippen molar-refractivity contribution in [3.8, 4) is 5.75 Å². The Bertz CT molecular complexity index is 1570. The second-order valence-electron chi connectivity index (χ2n) is 10.2. The second kappa shape index (κ2) is 14.5. The largest absolute Gasteiger partial charge is 0.494 e. The van der Waals surface area contributed by atoms with Gasteiger partial charge in [0.25, 0.3) is 5.91 Å². The van der Waals surface area contributed by atoms with E-state index in [1.165, 1.54) is 0 Å². The van der Waals surface area contributed by atoms with E-state index in [4.69, 9.17) is 20.1 Å². The number of nitrogens with one attached hydrogen (secondary N) is 2. The zero-order valence-corrected chi connectivity index (χ0v) is 24.0. The van der Waals surface area contributed by atoms with Gasteiger partial charge < -0.3 is 14.6 Å². The Labute approximate surface area is 258 Å². The third-order valence-electron chi connectivity index (χ3n) is 6.91. The molecule has 3 aromatic rings. The van der Waals surface area contributed by atoms with Crippen molar-refractivity contribution >= 4 is 11.8 Å². The number of hydrogen-bond acceptors (Lipinski definition) is 7. The number of alkyl halides is 6. The highest BCUT2D eigenvalue weighted by atomic mass is 19.4. The van der Waals surface area contributed by atoms with Crippen LogP contribution in [0.2, 0.25) is 0 Å². The van der Waals surface area contributed by atoms with Crippen molar-refractivity contribution in [2.45, 2.75) is 43.8 Å². The number of hydrazine groups is 1. The summed E-state index contributed by atoms with van der Waals surface area (Å²) in [6, 6.07) is 14.6. The molecule has 1 aliphatic heterocycles. The summed E-state index contributed by atoms with van der Waals surface area (Å²) in [4.78, 5) is 21.0. The van der Waals surface area contributed by atoms with Gasteiger partial charge >= 0.3 is 12.4 Å². The summed E-state index contributed by atoms with van der Waals surface area (Å²) < 4.78 is 91.2. The molecule has 1 heterocycles. The molecule has 4 rings (SSSR count). The van der Waals surface area contributed by atoms with Gasteiger partial charge in [0, 0.05) is 36.5 Å². The molecule has 0 saturated carbocycles. The van der Waals surface area contributed by atoms with Crippen LogP contribution in [0.15, 0.2) is 76.8 Å². The topological polar surface area (TPSA) is 141 Å². The number of rotatable bonds is 13. The number of amides is 1. The maximum absolute atomic E-state index is 13.7. The number of carbonyl (C=O) groups is 1. The van der Waals surface area contributed by atoms with Crippen molar-refractivity contribution in [2.24, 2.45) is 10.1 Å². The van der Waals surface area contributed by atoms with Crippen molar-refractivity contribution in [3.05, 3.63) is 111 Å². The van der Waals surface area contributed by atoms with Crippen LogP contribution in [0.4, 0.5) is 26.3 Å². The van der Waals surface area contributed by atoms with Gasteiger partial charge in [0.05, 0.1) is 24.3 Å². The monoisotopic (exact) mass is 650 g/mol. The average Bonchev–Trinajstić information content (AvgIpc) is 3.45. The number of aliphatic imine (C=N–C) groups is 1. The van der Waals surface area contributed by atoms with Crippen molar-refractivity contribution in [3.63, 3.8) is 0 Å². The molecule has 1 amide bonds. The molecule has 0 aromatic heterocycles. The molecular formula is C30H28F6N6O4. The lowest BCUT2D eigenvalue weighted by atomic mass is 9.89. The quantitative estimate of drug-likeness (QED) is 0.0530. The number of carbonyl (C=O) groups excluding carboxylic acids is 1. The van der Waals surface area contributed by atoms with E-state index in [-0.39, 0.29) is 43.7 Å². The van der Waals surface area contributed by atoms with E-state index < -0.39 is 41.5 Å². The Morgan fingerprint density at radius 1 is 1.02 bits per heavy atom. The minimum Gasteiger partial charge on any atom is -0.494 e. The smallest absolute Gasteiger partial charge is 0.416 e. The van der Waals surface area contributed by atoms with E-state index in [9.17, 15) is 31.1 Å². The first-order valence-corrected chi connectivity index (χ1v) is 13.8. The highest BCUT2D eigenvalue weighted by Gasteiger charge is 2.45. The van der Waals surface area contributed by atoms with Crippen LogP contribution in [0.3, 0.4) is 0 Å². The van der Waals surface area contributed by atoms with Crippen LogP contribution < -0.4 is 15.6 Å². The SMILES string of the molecule is [N-]=[N+]=NCc1ccccc1C[C@@]1(C(=O)NNCc2cc(C(F)(F)F)cc(C(F)(F)F)c2)COC(c2ccc(OCCCO)cc2)=N1. The van der Waals surface area contributed by atoms with Crippen LogP contribution in [0, 0.1) is 0 Å². The molecule has 0 unspecified atom stereocenters. The summed E-state index contributed by atoms with van der Waals surface area (Å²) in [6.07, 6.45) is -9.66. The van der Waals surface area contributed by atoms with Gasteiger partial charge in [-0.05, 0) is 64.7 Å².